The zero-order valence-corrected chi connectivity index (χ0v) is 7.70. The van der Waals surface area contributed by atoms with E-state index in [0.29, 0.717) is 6.54 Å². The summed E-state index contributed by atoms with van der Waals surface area (Å²) in [6, 6.07) is 0. The fraction of sp³-hybridized carbons (Fsp3) is 0.625. The minimum atomic E-state index is 0.695. The van der Waals surface area contributed by atoms with Crippen molar-refractivity contribution < 1.29 is 0 Å². The number of nitrogens with zero attached hydrogens (tertiary/aromatic N) is 3. The van der Waals surface area contributed by atoms with Crippen molar-refractivity contribution in [1.82, 2.24) is 14.5 Å². The molecule has 0 aromatic carbocycles. The molecule has 0 fully saturated rings. The second-order valence-electron chi connectivity index (χ2n) is 2.98. The Balaban J connectivity index is 2.46. The van der Waals surface area contributed by atoms with Crippen molar-refractivity contribution in [3.8, 4) is 0 Å². The van der Waals surface area contributed by atoms with Crippen molar-refractivity contribution in [3.05, 3.63) is 18.2 Å². The second kappa shape index (κ2) is 4.23. The molecule has 0 aliphatic heterocycles. The topological polar surface area (TPSA) is 47.1 Å². The molecule has 0 aliphatic carbocycles. The SMILES string of the molecule is CN(CCN)Cc1nccn1C. The highest BCUT2D eigenvalue weighted by atomic mass is 15.2. The minimum Gasteiger partial charge on any atom is -0.337 e. The molecule has 12 heavy (non-hydrogen) atoms. The fourth-order valence-corrected chi connectivity index (χ4v) is 1.09. The first kappa shape index (κ1) is 9.22. The van der Waals surface area contributed by atoms with E-state index >= 15 is 0 Å². The van der Waals surface area contributed by atoms with Gasteiger partial charge in [0.05, 0.1) is 6.54 Å². The Bertz CT molecular complexity index is 231. The molecule has 4 nitrogen and oxygen atoms in total. The molecule has 1 heterocycles. The van der Waals surface area contributed by atoms with Crippen molar-refractivity contribution in [2.24, 2.45) is 12.8 Å². The van der Waals surface area contributed by atoms with E-state index in [1.807, 2.05) is 31.1 Å². The molecule has 4 heteroatoms. The molecule has 0 saturated carbocycles. The van der Waals surface area contributed by atoms with E-state index in [0.717, 1.165) is 18.9 Å². The molecule has 0 amide bonds. The Hall–Kier alpha value is -0.870. The van der Waals surface area contributed by atoms with Crippen LogP contribution in [0.1, 0.15) is 5.82 Å². The predicted molar refractivity (Wildman–Crippen MR) is 48.6 cm³/mol. The van der Waals surface area contributed by atoms with Crippen molar-refractivity contribution in [3.63, 3.8) is 0 Å². The molecule has 2 N–H and O–H groups in total. The van der Waals surface area contributed by atoms with Crippen LogP contribution in [-0.4, -0.2) is 34.6 Å². The van der Waals surface area contributed by atoms with E-state index in [1.165, 1.54) is 0 Å². The van der Waals surface area contributed by atoms with Gasteiger partial charge in [-0.05, 0) is 7.05 Å². The Morgan fingerprint density at radius 2 is 2.42 bits per heavy atom. The summed E-state index contributed by atoms with van der Waals surface area (Å²) < 4.78 is 2.02. The van der Waals surface area contributed by atoms with Crippen LogP contribution in [0.25, 0.3) is 0 Å². The minimum absolute atomic E-state index is 0.695. The Kier molecular flexibility index (Phi) is 3.25. The van der Waals surface area contributed by atoms with E-state index in [2.05, 4.69) is 9.88 Å². The Morgan fingerprint density at radius 3 is 2.92 bits per heavy atom. The molecule has 0 saturated heterocycles. The van der Waals surface area contributed by atoms with Gasteiger partial charge < -0.3 is 10.3 Å². The Morgan fingerprint density at radius 1 is 1.67 bits per heavy atom. The van der Waals surface area contributed by atoms with Crippen LogP contribution in [0.5, 0.6) is 0 Å². The molecule has 0 unspecified atom stereocenters. The van der Waals surface area contributed by atoms with Gasteiger partial charge in [-0.1, -0.05) is 0 Å². The summed E-state index contributed by atoms with van der Waals surface area (Å²) in [6.45, 7) is 2.47. The van der Waals surface area contributed by atoms with Crippen LogP contribution >= 0.6 is 0 Å². The highest BCUT2D eigenvalue weighted by molar-refractivity contribution is 4.90. The lowest BCUT2D eigenvalue weighted by Gasteiger charge is -2.14. The largest absolute Gasteiger partial charge is 0.337 e. The van der Waals surface area contributed by atoms with E-state index in [4.69, 9.17) is 5.73 Å². The molecule has 1 rings (SSSR count). The summed E-state index contributed by atoms with van der Waals surface area (Å²) in [7, 11) is 4.04. The van der Waals surface area contributed by atoms with Gasteiger partial charge in [0.15, 0.2) is 0 Å². The molecule has 0 atom stereocenters. The first-order valence-corrected chi connectivity index (χ1v) is 4.09. The average Bonchev–Trinajstić information content (AvgIpc) is 2.37. The monoisotopic (exact) mass is 168 g/mol. The molecule has 0 bridgehead atoms. The van der Waals surface area contributed by atoms with Gasteiger partial charge in [-0.25, -0.2) is 4.98 Å². The van der Waals surface area contributed by atoms with Gasteiger partial charge in [0.1, 0.15) is 5.82 Å². The van der Waals surface area contributed by atoms with Crippen LogP contribution in [-0.2, 0) is 13.6 Å². The lowest BCUT2D eigenvalue weighted by atomic mass is 10.5. The number of imidazole rings is 1. The molecule has 0 aliphatic rings. The van der Waals surface area contributed by atoms with Gasteiger partial charge >= 0.3 is 0 Å². The van der Waals surface area contributed by atoms with Crippen molar-refractivity contribution in [2.45, 2.75) is 6.54 Å². The molecule has 1 aromatic heterocycles. The highest BCUT2D eigenvalue weighted by Gasteiger charge is 2.02. The second-order valence-corrected chi connectivity index (χ2v) is 2.98. The number of aryl methyl sites for hydroxylation is 1. The third-order valence-corrected chi connectivity index (χ3v) is 1.84. The summed E-state index contributed by atoms with van der Waals surface area (Å²) in [6.07, 6.45) is 3.76. The quantitative estimate of drug-likeness (QED) is 0.678. The van der Waals surface area contributed by atoms with Crippen LogP contribution < -0.4 is 5.73 Å². The number of likely N-dealkylation sites (N-methyl/N-ethyl adjacent to an activating group) is 1. The predicted octanol–water partition coefficient (Wildman–Crippen LogP) is -0.189. The van der Waals surface area contributed by atoms with Gasteiger partial charge in [0, 0.05) is 32.5 Å². The maximum absolute atomic E-state index is 5.43. The van der Waals surface area contributed by atoms with Crippen molar-refractivity contribution in [1.29, 1.82) is 0 Å². The van der Waals surface area contributed by atoms with Crippen molar-refractivity contribution >= 4 is 0 Å². The molecular weight excluding hydrogens is 152 g/mol. The van der Waals surface area contributed by atoms with Gasteiger partial charge in [-0.3, -0.25) is 4.90 Å². The molecule has 68 valence electrons. The van der Waals surface area contributed by atoms with Crippen molar-refractivity contribution in [2.75, 3.05) is 20.1 Å². The maximum Gasteiger partial charge on any atom is 0.122 e. The summed E-state index contributed by atoms with van der Waals surface area (Å²) in [5.41, 5.74) is 5.43. The number of rotatable bonds is 4. The summed E-state index contributed by atoms with van der Waals surface area (Å²) in [4.78, 5) is 6.37. The van der Waals surface area contributed by atoms with Crippen LogP contribution in [0.4, 0.5) is 0 Å². The molecule has 0 spiro atoms. The molecular formula is C8H16N4. The number of hydrogen-bond acceptors (Lipinski definition) is 3. The van der Waals surface area contributed by atoms with Gasteiger partial charge in [-0.15, -0.1) is 0 Å². The summed E-state index contributed by atoms with van der Waals surface area (Å²) in [5, 5.41) is 0. The van der Waals surface area contributed by atoms with Crippen LogP contribution in [0.2, 0.25) is 0 Å². The van der Waals surface area contributed by atoms with Crippen LogP contribution in [0.15, 0.2) is 12.4 Å². The third kappa shape index (κ3) is 2.32. The summed E-state index contributed by atoms with van der Waals surface area (Å²) >= 11 is 0. The first-order chi connectivity index (χ1) is 5.74. The summed E-state index contributed by atoms with van der Waals surface area (Å²) in [5.74, 6) is 1.07. The highest BCUT2D eigenvalue weighted by Crippen LogP contribution is 1.97. The molecule has 1 aromatic rings. The first-order valence-electron chi connectivity index (χ1n) is 4.09. The van der Waals surface area contributed by atoms with E-state index < -0.39 is 0 Å². The third-order valence-electron chi connectivity index (χ3n) is 1.84. The van der Waals surface area contributed by atoms with E-state index in [-0.39, 0.29) is 0 Å². The van der Waals surface area contributed by atoms with Crippen LogP contribution in [0, 0.1) is 0 Å². The Labute approximate surface area is 73.0 Å². The average molecular weight is 168 g/mol. The zero-order valence-electron chi connectivity index (χ0n) is 7.70. The van der Waals surface area contributed by atoms with Gasteiger partial charge in [0.25, 0.3) is 0 Å². The normalized spacial score (nSPS) is 11.0. The number of aromatic nitrogens is 2. The fourth-order valence-electron chi connectivity index (χ4n) is 1.09. The van der Waals surface area contributed by atoms with Gasteiger partial charge in [0.2, 0.25) is 0 Å². The van der Waals surface area contributed by atoms with Crippen LogP contribution in [0.3, 0.4) is 0 Å². The lowest BCUT2D eigenvalue weighted by Crippen LogP contribution is -2.26. The zero-order chi connectivity index (χ0) is 8.97. The maximum atomic E-state index is 5.43. The van der Waals surface area contributed by atoms with E-state index in [1.54, 1.807) is 0 Å². The van der Waals surface area contributed by atoms with Gasteiger partial charge in [-0.2, -0.15) is 0 Å². The number of hydrogen-bond donors (Lipinski definition) is 1. The smallest absolute Gasteiger partial charge is 0.122 e. The standard InChI is InChI=1S/C8H16N4/c1-11(5-3-9)7-8-10-4-6-12(8)2/h4,6H,3,5,7,9H2,1-2H3. The lowest BCUT2D eigenvalue weighted by molar-refractivity contribution is 0.323. The van der Waals surface area contributed by atoms with E-state index in [9.17, 15) is 0 Å². The molecule has 0 radical (unpaired) electrons. The number of nitrogens with two attached hydrogens (primary N) is 1.